The molecule has 0 radical (unpaired) electrons. The summed E-state index contributed by atoms with van der Waals surface area (Å²) in [5.74, 6) is 0.877. The largest absolute Gasteiger partial charge is 0.497 e. The van der Waals surface area contributed by atoms with E-state index in [0.29, 0.717) is 51.7 Å². The molecule has 0 bridgehead atoms. The van der Waals surface area contributed by atoms with Crippen molar-refractivity contribution in [3.8, 4) is 5.75 Å². The molecule has 1 unspecified atom stereocenters. The van der Waals surface area contributed by atoms with Gasteiger partial charge in [-0.05, 0) is 196 Å². The fourth-order valence-corrected chi connectivity index (χ4v) is 33.1. The summed E-state index contributed by atoms with van der Waals surface area (Å²) < 4.78 is 97.9. The molecule has 694 valence electrons. The third-order valence-corrected chi connectivity index (χ3v) is 58.2. The summed E-state index contributed by atoms with van der Waals surface area (Å²) in [6.07, 6.45) is 6.99. The molecule has 5 aromatic carbocycles. The van der Waals surface area contributed by atoms with Gasteiger partial charge in [0.05, 0.1) is 99.2 Å². The van der Waals surface area contributed by atoms with Crippen LogP contribution in [0.2, 0.25) is 82.6 Å². The quantitative estimate of drug-likeness (QED) is 0.0300. The molecular formula is C105H166O14Si6. The van der Waals surface area contributed by atoms with E-state index in [1.165, 1.54) is 20.7 Å². The molecule has 0 aliphatic carbocycles. The molecule has 10 rings (SSSR count). The van der Waals surface area contributed by atoms with Crippen LogP contribution in [0.3, 0.4) is 0 Å². The minimum Gasteiger partial charge on any atom is -0.497 e. The highest BCUT2D eigenvalue weighted by Crippen LogP contribution is 2.51. The Labute approximate surface area is 764 Å². The van der Waals surface area contributed by atoms with Gasteiger partial charge >= 0.3 is 0 Å². The van der Waals surface area contributed by atoms with Crippen LogP contribution in [-0.2, 0) is 61.6 Å². The van der Waals surface area contributed by atoms with Crippen LogP contribution in [0.4, 0.5) is 0 Å². The number of allylic oxidation sites excluding steroid dienone is 1. The molecule has 5 aliphatic rings. The second-order valence-electron chi connectivity index (χ2n) is 45.5. The van der Waals surface area contributed by atoms with Crippen molar-refractivity contribution in [2.75, 3.05) is 13.7 Å². The average molecular weight is 1820 g/mol. The van der Waals surface area contributed by atoms with Gasteiger partial charge in [-0.15, -0.1) is 6.58 Å². The van der Waals surface area contributed by atoms with Crippen molar-refractivity contribution in [3.63, 3.8) is 0 Å². The van der Waals surface area contributed by atoms with Gasteiger partial charge in [0, 0.05) is 25.4 Å². The first-order chi connectivity index (χ1) is 58.2. The number of aliphatic hydroxyl groups excluding tert-OH is 1. The molecular weight excluding hydrogens is 1650 g/mol. The molecule has 5 fully saturated rings. The highest BCUT2D eigenvalue weighted by molar-refractivity contribution is 7.00. The van der Waals surface area contributed by atoms with Crippen LogP contribution in [0, 0.1) is 11.8 Å². The molecule has 5 aromatic rings. The van der Waals surface area contributed by atoms with E-state index in [1.807, 2.05) is 24.3 Å². The molecule has 0 amide bonds. The fourth-order valence-electron chi connectivity index (χ4n) is 18.6. The monoisotopic (exact) mass is 1820 g/mol. The number of aliphatic hydroxyl groups is 1. The molecule has 0 saturated carbocycles. The lowest BCUT2D eigenvalue weighted by Gasteiger charge is -2.56. The van der Waals surface area contributed by atoms with Crippen LogP contribution in [0.15, 0.2) is 195 Å². The van der Waals surface area contributed by atoms with Crippen LogP contribution in [0.25, 0.3) is 0 Å². The summed E-state index contributed by atoms with van der Waals surface area (Å²) in [5, 5.41) is 16.3. The Morgan fingerprint density at radius 1 is 0.472 bits per heavy atom. The van der Waals surface area contributed by atoms with Gasteiger partial charge in [-0.2, -0.15) is 0 Å². The number of hydrogen-bond donors (Lipinski definition) is 1. The number of ether oxygens (including phenoxy) is 7. The smallest absolute Gasteiger partial charge is 0.261 e. The lowest BCUT2D eigenvalue weighted by molar-refractivity contribution is -0.276. The summed E-state index contributed by atoms with van der Waals surface area (Å²) in [6, 6.07) is 52.0. The van der Waals surface area contributed by atoms with Crippen molar-refractivity contribution in [1.29, 1.82) is 0 Å². The van der Waals surface area contributed by atoms with E-state index in [0.717, 1.165) is 54.6 Å². The maximum absolute atomic E-state index is 12.4. The van der Waals surface area contributed by atoms with E-state index in [2.05, 4.69) is 344 Å². The first-order valence-electron chi connectivity index (χ1n) is 47.3. The van der Waals surface area contributed by atoms with Crippen LogP contribution < -0.4 is 25.5 Å². The van der Waals surface area contributed by atoms with Crippen LogP contribution >= 0.6 is 0 Å². The predicted octanol–water partition coefficient (Wildman–Crippen LogP) is 23.3. The SMILES string of the molecule is C=CCC[C@@H]1O[C@@H]([C@H](/C=C/C(O)CC[C@H]2CC(=C)[C@H](CC[C@H]3C[C@@H](C)C(=C)[C@@H](C[C@@H]4O[C@H]5C[C@@H](O[Si](c6ccccc6)(c6ccccc6)C(C)(C)C)[C@@H](CCO[Si](c6ccccc6)(c6ccccc6)C(C)(C)C)O[C@H]5[C@H](C)[C@H]4OCc4ccc(OC)cc4)O3)O2)O[Si](C)(C)C(C)(C)C)[C@@H](O[Si](C)(C)C(C)(C)C)[C@@H](O[Si](C)(C)C(C)(C)C)[C@H]1O[Si](C)(C)C(C)(C)C. The average Bonchev–Trinajstić information content (AvgIpc) is 0.996. The van der Waals surface area contributed by atoms with Gasteiger partial charge in [0.15, 0.2) is 33.3 Å². The van der Waals surface area contributed by atoms with E-state index in [-0.39, 0.29) is 109 Å². The van der Waals surface area contributed by atoms with Crippen LogP contribution in [-0.4, -0.2) is 172 Å². The summed E-state index contributed by atoms with van der Waals surface area (Å²) >= 11 is 0. The molecule has 0 aromatic heterocycles. The zero-order chi connectivity index (χ0) is 92.1. The summed E-state index contributed by atoms with van der Waals surface area (Å²) in [4.78, 5) is 0. The van der Waals surface area contributed by atoms with E-state index in [4.69, 9.17) is 66.3 Å². The van der Waals surface area contributed by atoms with Gasteiger partial charge in [0.2, 0.25) is 0 Å². The van der Waals surface area contributed by atoms with Gasteiger partial charge in [0.1, 0.15) is 24.1 Å². The summed E-state index contributed by atoms with van der Waals surface area (Å²) in [7, 11) is -14.5. The van der Waals surface area contributed by atoms with Crippen molar-refractivity contribution in [2.24, 2.45) is 11.8 Å². The van der Waals surface area contributed by atoms with Crippen molar-refractivity contribution in [1.82, 2.24) is 0 Å². The maximum atomic E-state index is 12.4. The molecule has 5 heterocycles. The molecule has 125 heavy (non-hydrogen) atoms. The minimum atomic E-state index is -3.18. The normalized spacial score (nSPS) is 27.5. The zero-order valence-electron chi connectivity index (χ0n) is 82.6. The van der Waals surface area contributed by atoms with Gasteiger partial charge in [-0.3, -0.25) is 0 Å². The van der Waals surface area contributed by atoms with Crippen molar-refractivity contribution in [3.05, 3.63) is 200 Å². The molecule has 19 atom stereocenters. The Kier molecular flexibility index (Phi) is 34.0. The Morgan fingerprint density at radius 3 is 1.45 bits per heavy atom. The van der Waals surface area contributed by atoms with Crippen LogP contribution in [0.5, 0.6) is 5.75 Å². The third kappa shape index (κ3) is 24.2. The molecule has 1 N–H and O–H groups in total. The van der Waals surface area contributed by atoms with Gasteiger partial charge < -0.3 is 64.8 Å². The first kappa shape index (κ1) is 103. The second kappa shape index (κ2) is 41.4. The highest BCUT2D eigenvalue weighted by Gasteiger charge is 2.61. The van der Waals surface area contributed by atoms with E-state index < -0.39 is 86.5 Å². The van der Waals surface area contributed by atoms with Crippen LogP contribution in [0.1, 0.15) is 215 Å². The number of fused-ring (bicyclic) bond motifs is 1. The first-order valence-corrected chi connectivity index (χ1v) is 62.7. The molecule has 0 spiro atoms. The maximum Gasteiger partial charge on any atom is 0.261 e. The van der Waals surface area contributed by atoms with E-state index in [9.17, 15) is 5.11 Å². The van der Waals surface area contributed by atoms with Crippen molar-refractivity contribution < 1.29 is 64.8 Å². The molecule has 5 saturated heterocycles. The number of methoxy groups -OCH3 is 1. The molecule has 14 nitrogen and oxygen atoms in total. The lowest BCUT2D eigenvalue weighted by atomic mass is 9.79. The zero-order valence-corrected chi connectivity index (χ0v) is 88.6. The second-order valence-corrected chi connectivity index (χ2v) is 73.1. The standard InChI is InChI=1S/C105H166O14Si6/c1-33-34-55-88-97(117-121(27,28)101(9,10)11)99(119-123(31,32)103(15,16)17)98(118-122(29,30)102(12,13)14)96(114-88)89(115-120(25,26)100(6,7)8)64-59-78(106)58-62-80-69-74(3)86(110-80)65-63-81-68-73(2)75(4)90(111-81)70-92-94(108-72-77-56-60-79(107-24)61-57-77)76(5)95-93(112-92)71-91(116-125(105(21,22)23,84-51-43-37-44-52-84)85-53-45-38-46-54-85)87(113-95)66-67-109-124(104(18,19)20,82-47-39-35-40-48-82)83-49-41-36-42-50-83/h33,35-54,56-57,59-61,64,73,76,78,80-81,86-99,106H,1,3-4,34,55,58,62-63,65-72H2,2,5-32H3/b64-59+/t73-,76-,78?,80+,81+,86+,87-,88+,89+,90-,91-,92+,93+,94-,95+,96+,97+,98-,99+/m1/s1. The van der Waals surface area contributed by atoms with E-state index in [1.54, 1.807) is 7.11 Å². The summed E-state index contributed by atoms with van der Waals surface area (Å²) in [6.45, 7) is 79.6. The Bertz CT molecular complexity index is 4170. The molecule has 20 heteroatoms. The number of hydrogen-bond acceptors (Lipinski definition) is 14. The topological polar surface area (TPSA) is 140 Å². The highest BCUT2D eigenvalue weighted by atomic mass is 28.4. The van der Waals surface area contributed by atoms with Gasteiger partial charge in [0.25, 0.3) is 16.6 Å². The van der Waals surface area contributed by atoms with Crippen molar-refractivity contribution >= 4 is 70.7 Å². The van der Waals surface area contributed by atoms with Gasteiger partial charge in [-0.25, -0.2) is 0 Å². The number of rotatable bonds is 36. The van der Waals surface area contributed by atoms with E-state index >= 15 is 0 Å². The third-order valence-electron chi connectivity index (χ3n) is 30.2. The predicted molar refractivity (Wildman–Crippen MR) is 532 cm³/mol. The van der Waals surface area contributed by atoms with Crippen molar-refractivity contribution in [2.45, 2.75) is 402 Å². The Balaban J connectivity index is 0.892. The Hall–Kier alpha value is -4.36. The molecule has 5 aliphatic heterocycles. The Morgan fingerprint density at radius 2 is 0.960 bits per heavy atom. The lowest BCUT2D eigenvalue weighted by Crippen LogP contribution is -2.70. The number of benzene rings is 5. The summed E-state index contributed by atoms with van der Waals surface area (Å²) in [5.41, 5.74) is 3.20. The van der Waals surface area contributed by atoms with Gasteiger partial charge in [-0.1, -0.05) is 303 Å². The fraction of sp³-hybridized carbons (Fsp3) is 0.638. The minimum absolute atomic E-state index is 0.0623.